The van der Waals surface area contributed by atoms with Gasteiger partial charge in [0.25, 0.3) is 0 Å². The van der Waals surface area contributed by atoms with Crippen LogP contribution in [0.2, 0.25) is 0 Å². The fourth-order valence-corrected chi connectivity index (χ4v) is 2.32. The summed E-state index contributed by atoms with van der Waals surface area (Å²) < 4.78 is 11.3. The van der Waals surface area contributed by atoms with E-state index in [4.69, 9.17) is 14.7 Å². The molecule has 3 rings (SSSR count). The van der Waals surface area contributed by atoms with Crippen molar-refractivity contribution in [3.05, 3.63) is 84.4 Å². The van der Waals surface area contributed by atoms with Crippen LogP contribution < -0.4 is 9.47 Å². The van der Waals surface area contributed by atoms with Gasteiger partial charge in [-0.25, -0.2) is 0 Å². The van der Waals surface area contributed by atoms with Crippen molar-refractivity contribution in [2.45, 2.75) is 0 Å². The average molecular weight is 315 g/mol. The van der Waals surface area contributed by atoms with E-state index < -0.39 is 0 Å². The molecule has 0 N–H and O–H groups in total. The van der Waals surface area contributed by atoms with Gasteiger partial charge in [-0.2, -0.15) is 5.26 Å². The Labute approximate surface area is 141 Å². The maximum Gasteiger partial charge on any atom is 0.122 e. The van der Waals surface area contributed by atoms with Crippen molar-refractivity contribution in [2.75, 3.05) is 13.2 Å². The van der Waals surface area contributed by atoms with E-state index in [1.165, 1.54) is 5.56 Å². The van der Waals surface area contributed by atoms with Crippen LogP contribution in [0, 0.1) is 11.3 Å². The molecule has 118 valence electrons. The summed E-state index contributed by atoms with van der Waals surface area (Å²) in [6, 6.07) is 27.4. The van der Waals surface area contributed by atoms with Crippen LogP contribution in [-0.2, 0) is 0 Å². The lowest BCUT2D eigenvalue weighted by Gasteiger charge is -2.09. The molecule has 0 aromatic heterocycles. The molecule has 0 spiro atoms. The van der Waals surface area contributed by atoms with Gasteiger partial charge in [0, 0.05) is 0 Å². The largest absolute Gasteiger partial charge is 0.490 e. The maximum absolute atomic E-state index is 8.75. The number of benzene rings is 3. The molecule has 3 aromatic rings. The molecule has 0 aliphatic carbocycles. The molecule has 24 heavy (non-hydrogen) atoms. The van der Waals surface area contributed by atoms with Crippen molar-refractivity contribution in [1.82, 2.24) is 0 Å². The lowest BCUT2D eigenvalue weighted by Crippen LogP contribution is -2.08. The first-order chi connectivity index (χ1) is 11.8. The van der Waals surface area contributed by atoms with E-state index in [9.17, 15) is 0 Å². The molecule has 0 saturated carbocycles. The van der Waals surface area contributed by atoms with Crippen molar-refractivity contribution >= 4 is 0 Å². The fraction of sp³-hybridized carbons (Fsp3) is 0.0952. The molecule has 3 aromatic carbocycles. The lowest BCUT2D eigenvalue weighted by molar-refractivity contribution is 0.217. The van der Waals surface area contributed by atoms with Gasteiger partial charge in [0.1, 0.15) is 24.7 Å². The van der Waals surface area contributed by atoms with Gasteiger partial charge in [-0.1, -0.05) is 42.5 Å². The first-order valence-electron chi connectivity index (χ1n) is 7.76. The van der Waals surface area contributed by atoms with Gasteiger partial charge in [0.05, 0.1) is 11.6 Å². The lowest BCUT2D eigenvalue weighted by atomic mass is 10.1. The Hall–Kier alpha value is -3.25. The minimum atomic E-state index is 0.451. The van der Waals surface area contributed by atoms with Gasteiger partial charge >= 0.3 is 0 Å². The Kier molecular flexibility index (Phi) is 5.11. The second-order valence-electron chi connectivity index (χ2n) is 5.22. The predicted octanol–water partition coefficient (Wildman–Crippen LogP) is 4.68. The number of hydrogen-bond donors (Lipinski definition) is 0. The third kappa shape index (κ3) is 4.15. The minimum absolute atomic E-state index is 0.451. The summed E-state index contributed by atoms with van der Waals surface area (Å²) >= 11 is 0. The van der Waals surface area contributed by atoms with Crippen molar-refractivity contribution in [1.29, 1.82) is 5.26 Å². The average Bonchev–Trinajstić information content (AvgIpc) is 2.67. The van der Waals surface area contributed by atoms with Gasteiger partial charge in [-0.15, -0.1) is 0 Å². The zero-order valence-electron chi connectivity index (χ0n) is 13.2. The Morgan fingerprint density at radius 2 is 1.12 bits per heavy atom. The Balaban J connectivity index is 1.47. The Morgan fingerprint density at radius 3 is 1.67 bits per heavy atom. The molecule has 0 aliphatic heterocycles. The van der Waals surface area contributed by atoms with E-state index in [-0.39, 0.29) is 0 Å². The normalized spacial score (nSPS) is 9.96. The third-order valence-electron chi connectivity index (χ3n) is 3.57. The van der Waals surface area contributed by atoms with Crippen LogP contribution in [0.15, 0.2) is 78.9 Å². The van der Waals surface area contributed by atoms with Gasteiger partial charge in [-0.05, 0) is 47.5 Å². The minimum Gasteiger partial charge on any atom is -0.490 e. The topological polar surface area (TPSA) is 42.2 Å². The Bertz CT molecular complexity index is 803. The SMILES string of the molecule is N#Cc1ccc(OCCOc2ccc(-c3ccccc3)cc2)cc1. The molecule has 0 atom stereocenters. The van der Waals surface area contributed by atoms with Crippen LogP contribution in [0.25, 0.3) is 11.1 Å². The third-order valence-corrected chi connectivity index (χ3v) is 3.57. The van der Waals surface area contributed by atoms with Crippen molar-refractivity contribution < 1.29 is 9.47 Å². The molecule has 0 unspecified atom stereocenters. The van der Waals surface area contributed by atoms with Crippen LogP contribution in [0.1, 0.15) is 5.56 Å². The highest BCUT2D eigenvalue weighted by Gasteiger charge is 1.99. The maximum atomic E-state index is 8.75. The van der Waals surface area contributed by atoms with Crippen LogP contribution >= 0.6 is 0 Å². The van der Waals surface area contributed by atoms with Crippen molar-refractivity contribution in [3.8, 4) is 28.7 Å². The van der Waals surface area contributed by atoms with Crippen LogP contribution in [0.3, 0.4) is 0 Å². The van der Waals surface area contributed by atoms with Crippen LogP contribution in [-0.4, -0.2) is 13.2 Å². The van der Waals surface area contributed by atoms with Gasteiger partial charge < -0.3 is 9.47 Å². The van der Waals surface area contributed by atoms with E-state index in [1.54, 1.807) is 24.3 Å². The summed E-state index contributed by atoms with van der Waals surface area (Å²) in [7, 11) is 0. The second-order valence-corrected chi connectivity index (χ2v) is 5.22. The molecule has 0 bridgehead atoms. The number of nitrogens with zero attached hydrogens (tertiary/aromatic N) is 1. The summed E-state index contributed by atoms with van der Waals surface area (Å²) in [5.74, 6) is 1.55. The molecule has 0 radical (unpaired) electrons. The number of hydrogen-bond acceptors (Lipinski definition) is 3. The monoisotopic (exact) mass is 315 g/mol. The zero-order chi connectivity index (χ0) is 16.6. The van der Waals surface area contributed by atoms with E-state index in [1.807, 2.05) is 42.5 Å². The van der Waals surface area contributed by atoms with Crippen molar-refractivity contribution in [2.24, 2.45) is 0 Å². The van der Waals surface area contributed by atoms with Crippen LogP contribution in [0.4, 0.5) is 0 Å². The standard InChI is InChI=1S/C21H17NO2/c22-16-17-6-10-20(11-7-17)23-14-15-24-21-12-8-19(9-13-21)18-4-2-1-3-5-18/h1-13H,14-15H2. The van der Waals surface area contributed by atoms with Gasteiger partial charge in [0.15, 0.2) is 0 Å². The summed E-state index contributed by atoms with van der Waals surface area (Å²) in [5, 5.41) is 8.75. The van der Waals surface area contributed by atoms with E-state index in [0.29, 0.717) is 18.8 Å². The molecule has 0 heterocycles. The summed E-state index contributed by atoms with van der Waals surface area (Å²) in [6.45, 7) is 0.914. The predicted molar refractivity (Wildman–Crippen MR) is 94.0 cm³/mol. The van der Waals surface area contributed by atoms with Crippen molar-refractivity contribution in [3.63, 3.8) is 0 Å². The van der Waals surface area contributed by atoms with E-state index in [2.05, 4.69) is 18.2 Å². The van der Waals surface area contributed by atoms with Crippen LogP contribution in [0.5, 0.6) is 11.5 Å². The molecule has 0 saturated heterocycles. The highest BCUT2D eigenvalue weighted by Crippen LogP contribution is 2.22. The summed E-state index contributed by atoms with van der Waals surface area (Å²) in [5.41, 5.74) is 2.97. The highest BCUT2D eigenvalue weighted by atomic mass is 16.5. The Morgan fingerprint density at radius 1 is 0.625 bits per heavy atom. The second kappa shape index (κ2) is 7.85. The van der Waals surface area contributed by atoms with Gasteiger partial charge in [-0.3, -0.25) is 0 Å². The molecule has 3 nitrogen and oxygen atoms in total. The number of ether oxygens (including phenoxy) is 2. The number of nitriles is 1. The first-order valence-corrected chi connectivity index (χ1v) is 7.76. The molecule has 0 aliphatic rings. The molecular weight excluding hydrogens is 298 g/mol. The first kappa shape index (κ1) is 15.6. The highest BCUT2D eigenvalue weighted by molar-refractivity contribution is 5.63. The molecule has 3 heteroatoms. The number of rotatable bonds is 6. The smallest absolute Gasteiger partial charge is 0.122 e. The molecule has 0 fully saturated rings. The fourth-order valence-electron chi connectivity index (χ4n) is 2.32. The van der Waals surface area contributed by atoms with E-state index in [0.717, 1.165) is 17.1 Å². The van der Waals surface area contributed by atoms with Gasteiger partial charge in [0.2, 0.25) is 0 Å². The molecular formula is C21H17NO2. The zero-order valence-corrected chi connectivity index (χ0v) is 13.2. The quantitative estimate of drug-likeness (QED) is 0.620. The molecule has 0 amide bonds. The summed E-state index contributed by atoms with van der Waals surface area (Å²) in [6.07, 6.45) is 0. The summed E-state index contributed by atoms with van der Waals surface area (Å²) in [4.78, 5) is 0. The van der Waals surface area contributed by atoms with E-state index >= 15 is 0 Å².